The van der Waals surface area contributed by atoms with Crippen molar-refractivity contribution in [1.29, 1.82) is 0 Å². The molecule has 0 spiro atoms. The van der Waals surface area contributed by atoms with E-state index in [0.717, 1.165) is 25.8 Å². The highest BCUT2D eigenvalue weighted by Crippen LogP contribution is 1.89. The van der Waals surface area contributed by atoms with Crippen LogP contribution >= 0.6 is 0 Å². The largest absolute Gasteiger partial charge is 0.330 e. The second kappa shape index (κ2) is 7.48. The minimum atomic E-state index is 0.475. The minimum absolute atomic E-state index is 0.475. The van der Waals surface area contributed by atoms with E-state index in [2.05, 4.69) is 11.8 Å². The lowest BCUT2D eigenvalue weighted by molar-refractivity contribution is 0.767. The van der Waals surface area contributed by atoms with Gasteiger partial charge in [0.15, 0.2) is 0 Å². The van der Waals surface area contributed by atoms with Crippen LogP contribution in [0.25, 0.3) is 0 Å². The summed E-state index contributed by atoms with van der Waals surface area (Å²) >= 11 is 0. The Kier molecular flexibility index (Phi) is 7.05. The third kappa shape index (κ3) is 7.48. The van der Waals surface area contributed by atoms with Crippen molar-refractivity contribution in [3.8, 4) is 11.8 Å². The molecule has 9 heavy (non-hydrogen) atoms. The van der Waals surface area contributed by atoms with E-state index >= 15 is 0 Å². The molecule has 0 saturated heterocycles. The van der Waals surface area contributed by atoms with Gasteiger partial charge in [-0.05, 0) is 19.4 Å². The average Bonchev–Trinajstić information content (AvgIpc) is 1.89. The second-order valence-electron chi connectivity index (χ2n) is 1.80. The SMILES string of the molecule is NCC#CCCCCN. The highest BCUT2D eigenvalue weighted by molar-refractivity contribution is 4.99. The van der Waals surface area contributed by atoms with Gasteiger partial charge < -0.3 is 11.5 Å². The normalized spacial score (nSPS) is 8.22. The van der Waals surface area contributed by atoms with Gasteiger partial charge >= 0.3 is 0 Å². The van der Waals surface area contributed by atoms with Crippen LogP contribution in [0.2, 0.25) is 0 Å². The minimum Gasteiger partial charge on any atom is -0.330 e. The molecule has 0 aromatic rings. The fraction of sp³-hybridized carbons (Fsp3) is 0.714. The zero-order valence-electron chi connectivity index (χ0n) is 5.69. The summed E-state index contributed by atoms with van der Waals surface area (Å²) < 4.78 is 0. The molecule has 0 aromatic carbocycles. The van der Waals surface area contributed by atoms with Crippen LogP contribution in [0, 0.1) is 11.8 Å². The van der Waals surface area contributed by atoms with Gasteiger partial charge in [-0.3, -0.25) is 0 Å². The molecule has 2 heteroatoms. The molecule has 0 unspecified atom stereocenters. The molecule has 0 aromatic heterocycles. The maximum absolute atomic E-state index is 5.27. The van der Waals surface area contributed by atoms with Gasteiger partial charge in [0.2, 0.25) is 0 Å². The summed E-state index contributed by atoms with van der Waals surface area (Å²) in [5.74, 6) is 5.73. The first kappa shape index (κ1) is 8.48. The lowest BCUT2D eigenvalue weighted by atomic mass is 10.2. The summed E-state index contributed by atoms with van der Waals surface area (Å²) in [6, 6.07) is 0. The lowest BCUT2D eigenvalue weighted by Gasteiger charge is -1.87. The number of unbranched alkanes of at least 4 members (excludes halogenated alkanes) is 2. The molecule has 2 nitrogen and oxygen atoms in total. The average molecular weight is 126 g/mol. The Morgan fingerprint density at radius 3 is 2.33 bits per heavy atom. The van der Waals surface area contributed by atoms with E-state index in [1.54, 1.807) is 0 Å². The van der Waals surface area contributed by atoms with E-state index in [4.69, 9.17) is 11.5 Å². The number of nitrogens with two attached hydrogens (primary N) is 2. The molecule has 0 fully saturated rings. The lowest BCUT2D eigenvalue weighted by Crippen LogP contribution is -1.97. The number of hydrogen-bond donors (Lipinski definition) is 2. The van der Waals surface area contributed by atoms with Crippen LogP contribution in [0.3, 0.4) is 0 Å². The Labute approximate surface area is 56.6 Å². The molecule has 4 N–H and O–H groups in total. The van der Waals surface area contributed by atoms with Crippen molar-refractivity contribution in [3.63, 3.8) is 0 Å². The third-order valence-corrected chi connectivity index (χ3v) is 0.983. The summed E-state index contributed by atoms with van der Waals surface area (Å²) in [7, 11) is 0. The van der Waals surface area contributed by atoms with Crippen molar-refractivity contribution in [2.45, 2.75) is 19.3 Å². The molecule has 52 valence electrons. The molecular weight excluding hydrogens is 112 g/mol. The van der Waals surface area contributed by atoms with Crippen molar-refractivity contribution >= 4 is 0 Å². The van der Waals surface area contributed by atoms with E-state index in [1.807, 2.05) is 0 Å². The Morgan fingerprint density at radius 2 is 1.78 bits per heavy atom. The highest BCUT2D eigenvalue weighted by atomic mass is 14.5. The van der Waals surface area contributed by atoms with E-state index in [9.17, 15) is 0 Å². The fourth-order valence-corrected chi connectivity index (χ4v) is 0.518. The van der Waals surface area contributed by atoms with E-state index in [-0.39, 0.29) is 0 Å². The van der Waals surface area contributed by atoms with Crippen molar-refractivity contribution < 1.29 is 0 Å². The van der Waals surface area contributed by atoms with Crippen molar-refractivity contribution in [3.05, 3.63) is 0 Å². The van der Waals surface area contributed by atoms with Gasteiger partial charge in [-0.25, -0.2) is 0 Å². The van der Waals surface area contributed by atoms with Gasteiger partial charge in [0.05, 0.1) is 6.54 Å². The van der Waals surface area contributed by atoms with Crippen LogP contribution in [0.5, 0.6) is 0 Å². The molecule has 0 heterocycles. The van der Waals surface area contributed by atoms with E-state index in [1.165, 1.54) is 0 Å². The summed E-state index contributed by atoms with van der Waals surface area (Å²) in [5.41, 5.74) is 10.4. The first-order valence-electron chi connectivity index (χ1n) is 3.27. The Bertz CT molecular complexity index is 99.2. The zero-order chi connectivity index (χ0) is 6.95. The molecule has 0 bridgehead atoms. The molecule has 0 aliphatic rings. The maximum atomic E-state index is 5.27. The molecule has 0 atom stereocenters. The van der Waals surface area contributed by atoms with Crippen molar-refractivity contribution in [1.82, 2.24) is 0 Å². The predicted octanol–water partition coefficient (Wildman–Crippen LogP) is 0.0775. The molecule has 0 aliphatic heterocycles. The fourth-order valence-electron chi connectivity index (χ4n) is 0.518. The van der Waals surface area contributed by atoms with E-state index in [0.29, 0.717) is 6.54 Å². The zero-order valence-corrected chi connectivity index (χ0v) is 5.69. The van der Waals surface area contributed by atoms with Crippen LogP contribution in [-0.4, -0.2) is 13.1 Å². The summed E-state index contributed by atoms with van der Waals surface area (Å²) in [5, 5.41) is 0. The van der Waals surface area contributed by atoms with Gasteiger partial charge in [-0.2, -0.15) is 0 Å². The van der Waals surface area contributed by atoms with E-state index < -0.39 is 0 Å². The van der Waals surface area contributed by atoms with Gasteiger partial charge in [0.25, 0.3) is 0 Å². The van der Waals surface area contributed by atoms with Crippen molar-refractivity contribution in [2.75, 3.05) is 13.1 Å². The number of rotatable bonds is 3. The Hall–Kier alpha value is -0.520. The summed E-state index contributed by atoms with van der Waals surface area (Å²) in [6.45, 7) is 1.24. The van der Waals surface area contributed by atoms with Crippen LogP contribution in [0.15, 0.2) is 0 Å². The monoisotopic (exact) mass is 126 g/mol. The van der Waals surface area contributed by atoms with Gasteiger partial charge in [0.1, 0.15) is 0 Å². The summed E-state index contributed by atoms with van der Waals surface area (Å²) in [6.07, 6.45) is 3.11. The van der Waals surface area contributed by atoms with Crippen LogP contribution < -0.4 is 11.5 Å². The molecule has 0 amide bonds. The molecular formula is C7H14N2. The Balaban J connectivity index is 2.90. The highest BCUT2D eigenvalue weighted by Gasteiger charge is 1.79. The van der Waals surface area contributed by atoms with Gasteiger partial charge in [-0.1, -0.05) is 5.92 Å². The second-order valence-corrected chi connectivity index (χ2v) is 1.80. The molecule has 0 aliphatic carbocycles. The smallest absolute Gasteiger partial charge is 0.0551 e. The summed E-state index contributed by atoms with van der Waals surface area (Å²) in [4.78, 5) is 0. The standard InChI is InChI=1S/C7H14N2/c8-6-4-2-1-3-5-7-9/h1-2,4,6-9H2. The maximum Gasteiger partial charge on any atom is 0.0551 e. The first-order valence-corrected chi connectivity index (χ1v) is 3.27. The van der Waals surface area contributed by atoms with Gasteiger partial charge in [-0.15, -0.1) is 5.92 Å². The predicted molar refractivity (Wildman–Crippen MR) is 39.7 cm³/mol. The third-order valence-electron chi connectivity index (χ3n) is 0.983. The van der Waals surface area contributed by atoms with Crippen molar-refractivity contribution in [2.24, 2.45) is 11.5 Å². The first-order chi connectivity index (χ1) is 4.41. The van der Waals surface area contributed by atoms with Crippen LogP contribution in [0.1, 0.15) is 19.3 Å². The van der Waals surface area contributed by atoms with Crippen LogP contribution in [-0.2, 0) is 0 Å². The quantitative estimate of drug-likeness (QED) is 0.415. The molecule has 0 saturated carbocycles. The Morgan fingerprint density at radius 1 is 1.00 bits per heavy atom. The van der Waals surface area contributed by atoms with Crippen LogP contribution in [0.4, 0.5) is 0 Å². The molecule has 0 radical (unpaired) electrons. The topological polar surface area (TPSA) is 52.0 Å². The number of hydrogen-bond acceptors (Lipinski definition) is 2. The molecule has 0 rings (SSSR count). The van der Waals surface area contributed by atoms with Gasteiger partial charge in [0, 0.05) is 6.42 Å².